The minimum absolute atomic E-state index is 0.0463. The summed E-state index contributed by atoms with van der Waals surface area (Å²) in [6, 6.07) is 12.9. The standard InChI is InChI=1S/C19H21N5O/c1-13-17(14(2)24(23-13)18-8-3-4-11-21-18)9-10-19(25)22-16-7-5-6-15(20)12-16/h3-8,11-12H,9-10,20H2,1-2H3,(H,22,25). The SMILES string of the molecule is Cc1nn(-c2ccccn2)c(C)c1CCC(=O)Nc1cccc(N)c1. The predicted octanol–water partition coefficient (Wildman–Crippen LogP) is 3.04. The van der Waals surface area contributed by atoms with E-state index in [0.29, 0.717) is 24.2 Å². The van der Waals surface area contributed by atoms with E-state index in [4.69, 9.17) is 5.73 Å². The number of amides is 1. The van der Waals surface area contributed by atoms with Gasteiger partial charge in [-0.15, -0.1) is 0 Å². The molecule has 128 valence electrons. The molecule has 0 atom stereocenters. The van der Waals surface area contributed by atoms with Crippen molar-refractivity contribution in [3.63, 3.8) is 0 Å². The van der Waals surface area contributed by atoms with Gasteiger partial charge in [0.2, 0.25) is 5.91 Å². The first-order chi connectivity index (χ1) is 12.0. The molecule has 2 aromatic heterocycles. The van der Waals surface area contributed by atoms with Gasteiger partial charge in [-0.3, -0.25) is 4.79 Å². The smallest absolute Gasteiger partial charge is 0.224 e. The van der Waals surface area contributed by atoms with Crippen LogP contribution in [0.25, 0.3) is 5.82 Å². The normalized spacial score (nSPS) is 10.6. The molecule has 0 aliphatic heterocycles. The number of carbonyl (C=O) groups excluding carboxylic acids is 1. The van der Waals surface area contributed by atoms with E-state index in [-0.39, 0.29) is 5.91 Å². The number of nitrogens with zero attached hydrogens (tertiary/aromatic N) is 3. The minimum atomic E-state index is -0.0463. The van der Waals surface area contributed by atoms with Crippen LogP contribution in [0, 0.1) is 13.8 Å². The van der Waals surface area contributed by atoms with Crippen molar-refractivity contribution in [2.24, 2.45) is 0 Å². The average Bonchev–Trinajstić information content (AvgIpc) is 2.88. The highest BCUT2D eigenvalue weighted by molar-refractivity contribution is 5.91. The highest BCUT2D eigenvalue weighted by Gasteiger charge is 2.14. The van der Waals surface area contributed by atoms with Crippen LogP contribution in [0.4, 0.5) is 11.4 Å². The number of pyridine rings is 1. The van der Waals surface area contributed by atoms with Gasteiger partial charge in [0.1, 0.15) is 0 Å². The van der Waals surface area contributed by atoms with Crippen molar-refractivity contribution < 1.29 is 4.79 Å². The van der Waals surface area contributed by atoms with Gasteiger partial charge in [0.25, 0.3) is 0 Å². The van der Waals surface area contributed by atoms with Crippen molar-refractivity contribution in [3.05, 3.63) is 65.6 Å². The van der Waals surface area contributed by atoms with Gasteiger partial charge in [0.05, 0.1) is 5.69 Å². The van der Waals surface area contributed by atoms with E-state index in [1.54, 1.807) is 18.3 Å². The van der Waals surface area contributed by atoms with Gasteiger partial charge in [0, 0.05) is 29.7 Å². The van der Waals surface area contributed by atoms with Crippen molar-refractivity contribution in [1.29, 1.82) is 0 Å². The Labute approximate surface area is 146 Å². The molecule has 1 amide bonds. The van der Waals surface area contributed by atoms with E-state index in [9.17, 15) is 4.79 Å². The number of carbonyl (C=O) groups is 1. The summed E-state index contributed by atoms with van der Waals surface area (Å²) in [5, 5.41) is 7.43. The second kappa shape index (κ2) is 7.17. The molecule has 2 heterocycles. The molecule has 0 saturated heterocycles. The zero-order valence-electron chi connectivity index (χ0n) is 14.4. The zero-order chi connectivity index (χ0) is 17.8. The van der Waals surface area contributed by atoms with Gasteiger partial charge in [-0.1, -0.05) is 12.1 Å². The van der Waals surface area contributed by atoms with E-state index in [2.05, 4.69) is 15.4 Å². The molecule has 0 aliphatic carbocycles. The van der Waals surface area contributed by atoms with Crippen molar-refractivity contribution in [1.82, 2.24) is 14.8 Å². The third kappa shape index (κ3) is 3.85. The van der Waals surface area contributed by atoms with Crippen molar-refractivity contribution >= 4 is 17.3 Å². The molecule has 6 heteroatoms. The summed E-state index contributed by atoms with van der Waals surface area (Å²) >= 11 is 0. The second-order valence-electron chi connectivity index (χ2n) is 5.92. The maximum Gasteiger partial charge on any atom is 0.224 e. The van der Waals surface area contributed by atoms with Crippen LogP contribution in [0.5, 0.6) is 0 Å². The Morgan fingerprint density at radius 3 is 2.76 bits per heavy atom. The Morgan fingerprint density at radius 1 is 1.20 bits per heavy atom. The van der Waals surface area contributed by atoms with Gasteiger partial charge >= 0.3 is 0 Å². The lowest BCUT2D eigenvalue weighted by atomic mass is 10.1. The number of hydrogen-bond donors (Lipinski definition) is 2. The molecule has 0 saturated carbocycles. The summed E-state index contributed by atoms with van der Waals surface area (Å²) in [7, 11) is 0. The van der Waals surface area contributed by atoms with Crippen molar-refractivity contribution in [3.8, 4) is 5.82 Å². The first kappa shape index (κ1) is 16.7. The quantitative estimate of drug-likeness (QED) is 0.702. The fourth-order valence-corrected chi connectivity index (χ4v) is 2.82. The summed E-state index contributed by atoms with van der Waals surface area (Å²) in [6.07, 6.45) is 2.74. The topological polar surface area (TPSA) is 85.8 Å². The molecule has 0 spiro atoms. The van der Waals surface area contributed by atoms with Crippen LogP contribution in [-0.2, 0) is 11.2 Å². The number of aryl methyl sites for hydroxylation is 1. The molecule has 0 aliphatic rings. The van der Waals surface area contributed by atoms with Crippen LogP contribution in [0.15, 0.2) is 48.7 Å². The maximum atomic E-state index is 12.2. The largest absolute Gasteiger partial charge is 0.399 e. The van der Waals surface area contributed by atoms with Crippen LogP contribution in [0.2, 0.25) is 0 Å². The van der Waals surface area contributed by atoms with E-state index >= 15 is 0 Å². The number of anilines is 2. The van der Waals surface area contributed by atoms with E-state index in [1.807, 2.05) is 48.9 Å². The van der Waals surface area contributed by atoms with Gasteiger partial charge in [-0.25, -0.2) is 9.67 Å². The highest BCUT2D eigenvalue weighted by atomic mass is 16.1. The molecule has 6 nitrogen and oxygen atoms in total. The molecule has 0 fully saturated rings. The monoisotopic (exact) mass is 335 g/mol. The molecule has 0 unspecified atom stereocenters. The number of hydrogen-bond acceptors (Lipinski definition) is 4. The molecular formula is C19H21N5O. The summed E-state index contributed by atoms with van der Waals surface area (Å²) in [4.78, 5) is 16.5. The molecule has 0 bridgehead atoms. The zero-order valence-corrected chi connectivity index (χ0v) is 14.4. The van der Waals surface area contributed by atoms with E-state index in [1.165, 1.54) is 0 Å². The van der Waals surface area contributed by atoms with E-state index in [0.717, 1.165) is 22.8 Å². The average molecular weight is 335 g/mol. The Balaban J connectivity index is 1.69. The van der Waals surface area contributed by atoms with Gasteiger partial charge in [-0.2, -0.15) is 5.10 Å². The number of rotatable bonds is 5. The summed E-state index contributed by atoms with van der Waals surface area (Å²) in [5.41, 5.74) is 10.1. The van der Waals surface area contributed by atoms with Crippen LogP contribution in [-0.4, -0.2) is 20.7 Å². The molecule has 1 aromatic carbocycles. The van der Waals surface area contributed by atoms with Crippen molar-refractivity contribution in [2.45, 2.75) is 26.7 Å². The Bertz CT molecular complexity index is 886. The molecule has 0 radical (unpaired) electrons. The lowest BCUT2D eigenvalue weighted by Crippen LogP contribution is -2.13. The molecule has 3 rings (SSSR count). The van der Waals surface area contributed by atoms with Gasteiger partial charge in [-0.05, 0) is 56.2 Å². The van der Waals surface area contributed by atoms with Crippen LogP contribution in [0.3, 0.4) is 0 Å². The molecular weight excluding hydrogens is 314 g/mol. The van der Waals surface area contributed by atoms with Crippen LogP contribution < -0.4 is 11.1 Å². The highest BCUT2D eigenvalue weighted by Crippen LogP contribution is 2.19. The third-order valence-electron chi connectivity index (χ3n) is 4.08. The third-order valence-corrected chi connectivity index (χ3v) is 4.08. The van der Waals surface area contributed by atoms with Crippen molar-refractivity contribution in [2.75, 3.05) is 11.1 Å². The number of aromatic nitrogens is 3. The first-order valence-electron chi connectivity index (χ1n) is 8.16. The minimum Gasteiger partial charge on any atom is -0.399 e. The first-order valence-corrected chi connectivity index (χ1v) is 8.16. The Kier molecular flexibility index (Phi) is 4.79. The lowest BCUT2D eigenvalue weighted by Gasteiger charge is -2.07. The predicted molar refractivity (Wildman–Crippen MR) is 98.6 cm³/mol. The molecule has 3 N–H and O–H groups in total. The number of nitrogens with two attached hydrogens (primary N) is 1. The molecule has 25 heavy (non-hydrogen) atoms. The van der Waals surface area contributed by atoms with Gasteiger partial charge in [0.15, 0.2) is 5.82 Å². The summed E-state index contributed by atoms with van der Waals surface area (Å²) in [5.74, 6) is 0.730. The summed E-state index contributed by atoms with van der Waals surface area (Å²) < 4.78 is 1.82. The Hall–Kier alpha value is -3.15. The fourth-order valence-electron chi connectivity index (χ4n) is 2.82. The van der Waals surface area contributed by atoms with Crippen LogP contribution >= 0.6 is 0 Å². The second-order valence-corrected chi connectivity index (χ2v) is 5.92. The van der Waals surface area contributed by atoms with E-state index < -0.39 is 0 Å². The summed E-state index contributed by atoms with van der Waals surface area (Å²) in [6.45, 7) is 3.96. The van der Waals surface area contributed by atoms with Crippen LogP contribution in [0.1, 0.15) is 23.4 Å². The van der Waals surface area contributed by atoms with Gasteiger partial charge < -0.3 is 11.1 Å². The number of nitrogens with one attached hydrogen (secondary N) is 1. The Morgan fingerprint density at radius 2 is 2.04 bits per heavy atom. The number of nitrogen functional groups attached to an aromatic ring is 1. The number of benzene rings is 1. The fraction of sp³-hybridized carbons (Fsp3) is 0.211. The lowest BCUT2D eigenvalue weighted by molar-refractivity contribution is -0.116. The molecule has 3 aromatic rings. The maximum absolute atomic E-state index is 12.2.